The summed E-state index contributed by atoms with van der Waals surface area (Å²) in [4.78, 5) is 21.5. The van der Waals surface area contributed by atoms with Crippen molar-refractivity contribution >= 4 is 55.0 Å². The molecule has 0 N–H and O–H groups in total. The molecule has 35 heavy (non-hydrogen) atoms. The number of likely N-dealkylation sites (N-methyl/N-ethyl adjacent to an activating group) is 1. The zero-order valence-electron chi connectivity index (χ0n) is 19.6. The number of anilines is 1. The highest BCUT2D eigenvalue weighted by molar-refractivity contribution is 7.89. The number of halogens is 2. The average Bonchev–Trinajstić information content (AvgIpc) is 3.21. The summed E-state index contributed by atoms with van der Waals surface area (Å²) in [7, 11) is 0.0246. The van der Waals surface area contributed by atoms with Crippen molar-refractivity contribution in [3.05, 3.63) is 79.2 Å². The summed E-state index contributed by atoms with van der Waals surface area (Å²) in [6.07, 6.45) is 3.01. The van der Waals surface area contributed by atoms with Crippen molar-refractivity contribution in [2.75, 3.05) is 45.2 Å². The van der Waals surface area contributed by atoms with Gasteiger partial charge in [-0.15, -0.1) is 25.6 Å². The van der Waals surface area contributed by atoms with Crippen molar-refractivity contribution in [2.45, 2.75) is 4.90 Å². The molecule has 11 heteroatoms. The Morgan fingerprint density at radius 1 is 1.06 bits per heavy atom. The van der Waals surface area contributed by atoms with Gasteiger partial charge >= 0.3 is 0 Å². The molecule has 0 fully saturated rings. The molecule has 0 bridgehead atoms. The third kappa shape index (κ3) is 6.74. The Labute approximate surface area is 215 Å². The maximum Gasteiger partial charge on any atom is 0.260 e. The Hall–Kier alpha value is -2.63. The minimum Gasteiger partial charge on any atom is -0.308 e. The van der Waals surface area contributed by atoms with Crippen molar-refractivity contribution in [1.29, 1.82) is 0 Å². The molecule has 1 aromatic heterocycles. The predicted octanol–water partition coefficient (Wildman–Crippen LogP) is 4.43. The fourth-order valence-electron chi connectivity index (χ4n) is 3.22. The monoisotopic (exact) mass is 538 g/mol. The van der Waals surface area contributed by atoms with Crippen LogP contribution in [-0.2, 0) is 10.0 Å². The predicted molar refractivity (Wildman–Crippen MR) is 143 cm³/mol. The highest BCUT2D eigenvalue weighted by atomic mass is 35.5. The summed E-state index contributed by atoms with van der Waals surface area (Å²) in [6, 6.07) is 10.1. The van der Waals surface area contributed by atoms with E-state index in [1.165, 1.54) is 69.1 Å². The molecular weight excluding hydrogens is 511 g/mol. The molecule has 0 spiro atoms. The lowest BCUT2D eigenvalue weighted by atomic mass is 10.2. The van der Waals surface area contributed by atoms with Gasteiger partial charge in [0, 0.05) is 31.7 Å². The standard InChI is InChI=1S/C24H27FN4O3S2.ClH/c1-5-13-28(14-6-2)34(31,32)20-10-7-18(8-11-20)23(30)29(16-15-27(3)4)24-26-21-12-9-19(25)17-22(21)33-24;/h5-12,17H,1-2,13-16H2,3-4H3;1H. The van der Waals surface area contributed by atoms with Gasteiger partial charge in [0.25, 0.3) is 5.91 Å². The molecule has 0 aliphatic heterocycles. The number of amides is 1. The highest BCUT2D eigenvalue weighted by Gasteiger charge is 2.25. The Bertz CT molecular complexity index is 1280. The van der Waals surface area contributed by atoms with Gasteiger partial charge in [-0.1, -0.05) is 23.5 Å². The van der Waals surface area contributed by atoms with E-state index in [0.717, 1.165) is 0 Å². The van der Waals surface area contributed by atoms with E-state index < -0.39 is 10.0 Å². The summed E-state index contributed by atoms with van der Waals surface area (Å²) in [5.74, 6) is -0.688. The van der Waals surface area contributed by atoms with Crippen LogP contribution in [0.15, 0.2) is 72.7 Å². The van der Waals surface area contributed by atoms with E-state index in [0.29, 0.717) is 34.0 Å². The maximum atomic E-state index is 13.6. The van der Waals surface area contributed by atoms with Crippen LogP contribution in [-0.4, -0.2) is 68.8 Å². The van der Waals surface area contributed by atoms with Gasteiger partial charge in [0.15, 0.2) is 5.13 Å². The van der Waals surface area contributed by atoms with Gasteiger partial charge in [-0.3, -0.25) is 9.69 Å². The molecule has 3 rings (SSSR count). The Morgan fingerprint density at radius 3 is 2.26 bits per heavy atom. The van der Waals surface area contributed by atoms with Gasteiger partial charge in [0.05, 0.1) is 15.1 Å². The number of carbonyl (C=O) groups is 1. The number of fused-ring (bicyclic) bond motifs is 1. The summed E-state index contributed by atoms with van der Waals surface area (Å²) < 4.78 is 41.4. The third-order valence-electron chi connectivity index (χ3n) is 4.99. The number of nitrogens with zero attached hydrogens (tertiary/aromatic N) is 4. The molecule has 0 saturated heterocycles. The van der Waals surface area contributed by atoms with E-state index in [2.05, 4.69) is 18.1 Å². The molecule has 3 aromatic rings. The molecule has 188 valence electrons. The van der Waals surface area contributed by atoms with Crippen molar-refractivity contribution in [3.63, 3.8) is 0 Å². The van der Waals surface area contributed by atoms with E-state index >= 15 is 0 Å². The molecule has 0 atom stereocenters. The Balaban J connectivity index is 0.00000432. The normalized spacial score (nSPS) is 11.5. The SMILES string of the molecule is C=CCN(CC=C)S(=O)(=O)c1ccc(C(=O)N(CCN(C)C)c2nc3ccc(F)cc3s2)cc1.Cl. The molecule has 0 saturated carbocycles. The molecule has 7 nitrogen and oxygen atoms in total. The lowest BCUT2D eigenvalue weighted by Crippen LogP contribution is -2.36. The number of sulfonamides is 1. The molecule has 0 radical (unpaired) electrons. The smallest absolute Gasteiger partial charge is 0.260 e. The van der Waals surface area contributed by atoms with E-state index in [9.17, 15) is 17.6 Å². The van der Waals surface area contributed by atoms with E-state index in [1.54, 1.807) is 6.07 Å². The summed E-state index contributed by atoms with van der Waals surface area (Å²) in [5, 5.41) is 0.451. The van der Waals surface area contributed by atoms with Crippen LogP contribution in [0.25, 0.3) is 10.2 Å². The number of rotatable bonds is 11. The Morgan fingerprint density at radius 2 is 1.69 bits per heavy atom. The van der Waals surface area contributed by atoms with Crippen molar-refractivity contribution in [1.82, 2.24) is 14.2 Å². The fraction of sp³-hybridized carbons (Fsp3) is 0.250. The molecule has 0 aliphatic rings. The number of thiazole rings is 1. The van der Waals surface area contributed by atoms with Crippen LogP contribution in [0.3, 0.4) is 0 Å². The van der Waals surface area contributed by atoms with Gasteiger partial charge in [-0.2, -0.15) is 4.31 Å². The third-order valence-corrected chi connectivity index (χ3v) is 7.88. The molecule has 0 unspecified atom stereocenters. The minimum absolute atomic E-state index is 0. The van der Waals surface area contributed by atoms with E-state index in [-0.39, 0.29) is 42.1 Å². The van der Waals surface area contributed by atoms with Gasteiger partial charge in [-0.25, -0.2) is 17.8 Å². The van der Waals surface area contributed by atoms with Crippen LogP contribution in [0.1, 0.15) is 10.4 Å². The first-order valence-corrected chi connectivity index (χ1v) is 12.8. The first kappa shape index (κ1) is 28.6. The lowest BCUT2D eigenvalue weighted by molar-refractivity contribution is 0.0985. The van der Waals surface area contributed by atoms with Crippen LogP contribution >= 0.6 is 23.7 Å². The number of hydrogen-bond acceptors (Lipinski definition) is 6. The number of benzene rings is 2. The van der Waals surface area contributed by atoms with Gasteiger partial charge < -0.3 is 4.90 Å². The van der Waals surface area contributed by atoms with Crippen LogP contribution in [0.5, 0.6) is 0 Å². The Kier molecular flexibility index (Phi) is 10.1. The van der Waals surface area contributed by atoms with Gasteiger partial charge in [0.2, 0.25) is 10.0 Å². The number of aromatic nitrogens is 1. The molecular formula is C24H28ClFN4O3S2. The van der Waals surface area contributed by atoms with Crippen LogP contribution in [0.4, 0.5) is 9.52 Å². The second kappa shape index (κ2) is 12.4. The summed E-state index contributed by atoms with van der Waals surface area (Å²) in [5.41, 5.74) is 0.928. The highest BCUT2D eigenvalue weighted by Crippen LogP contribution is 2.30. The number of carbonyl (C=O) groups excluding carboxylic acids is 1. The summed E-state index contributed by atoms with van der Waals surface area (Å²) >= 11 is 1.23. The van der Waals surface area contributed by atoms with Crippen LogP contribution in [0, 0.1) is 5.82 Å². The lowest BCUT2D eigenvalue weighted by Gasteiger charge is -2.22. The fourth-order valence-corrected chi connectivity index (χ4v) is 5.62. The molecule has 1 amide bonds. The van der Waals surface area contributed by atoms with E-state index in [4.69, 9.17) is 0 Å². The van der Waals surface area contributed by atoms with Crippen molar-refractivity contribution < 1.29 is 17.6 Å². The van der Waals surface area contributed by atoms with Gasteiger partial charge in [0.1, 0.15) is 5.82 Å². The maximum absolute atomic E-state index is 13.6. The van der Waals surface area contributed by atoms with Crippen molar-refractivity contribution in [3.8, 4) is 0 Å². The topological polar surface area (TPSA) is 73.8 Å². The van der Waals surface area contributed by atoms with Crippen molar-refractivity contribution in [2.24, 2.45) is 0 Å². The van der Waals surface area contributed by atoms with Crippen LogP contribution in [0.2, 0.25) is 0 Å². The molecule has 1 heterocycles. The average molecular weight is 539 g/mol. The quantitative estimate of drug-likeness (QED) is 0.338. The summed E-state index contributed by atoms with van der Waals surface area (Å²) in [6.45, 7) is 8.45. The van der Waals surface area contributed by atoms with E-state index in [1.807, 2.05) is 19.0 Å². The largest absolute Gasteiger partial charge is 0.308 e. The first-order valence-electron chi connectivity index (χ1n) is 10.5. The molecule has 0 aliphatic carbocycles. The minimum atomic E-state index is -3.77. The number of hydrogen-bond donors (Lipinski definition) is 0. The van der Waals surface area contributed by atoms with Gasteiger partial charge in [-0.05, 0) is 56.6 Å². The first-order chi connectivity index (χ1) is 16.2. The second-order valence-corrected chi connectivity index (χ2v) is 10.7. The van der Waals surface area contributed by atoms with Crippen LogP contribution < -0.4 is 4.90 Å². The zero-order valence-corrected chi connectivity index (χ0v) is 22.0. The molecule has 2 aromatic carbocycles. The second-order valence-electron chi connectivity index (χ2n) is 7.79. The zero-order chi connectivity index (χ0) is 24.9.